The first-order valence-electron chi connectivity index (χ1n) is 11.3. The minimum Gasteiger partial charge on any atom is -0.507 e. The van der Waals surface area contributed by atoms with Crippen LogP contribution >= 0.6 is 40.3 Å². The predicted molar refractivity (Wildman–Crippen MR) is 148 cm³/mol. The maximum Gasteiger partial charge on any atom is 0.328 e. The minimum absolute atomic E-state index is 0.0957. The van der Waals surface area contributed by atoms with E-state index in [1.165, 1.54) is 25.1 Å². The molecule has 0 bridgehead atoms. The summed E-state index contributed by atoms with van der Waals surface area (Å²) in [6, 6.07) is 15.5. The van der Waals surface area contributed by atoms with Crippen LogP contribution in [0, 0.1) is 0 Å². The number of nitrogens with one attached hydrogen (secondary N) is 1. The molecule has 8 nitrogen and oxygen atoms in total. The molecule has 196 valence electrons. The van der Waals surface area contributed by atoms with Crippen LogP contribution in [-0.4, -0.2) is 34.7 Å². The topological polar surface area (TPSA) is 122 Å². The van der Waals surface area contributed by atoms with Crippen molar-refractivity contribution in [1.82, 2.24) is 5.32 Å². The number of ether oxygens (including phenoxy) is 2. The molecule has 0 radical (unpaired) electrons. The number of carbonyl (C=O) groups is 2. The number of phenolic OH excluding ortho intramolecular Hbond substituents is 1. The van der Waals surface area contributed by atoms with E-state index in [2.05, 4.69) is 37.2 Å². The normalized spacial score (nSPS) is 13.6. The van der Waals surface area contributed by atoms with Crippen molar-refractivity contribution >= 4 is 52.2 Å². The lowest BCUT2D eigenvalue weighted by molar-refractivity contribution is -0.145. The van der Waals surface area contributed by atoms with Gasteiger partial charge in [0.2, 0.25) is 0 Å². The Labute approximate surface area is 232 Å². The maximum atomic E-state index is 13.1. The summed E-state index contributed by atoms with van der Waals surface area (Å²) in [5, 5.41) is 21.9. The zero-order chi connectivity index (χ0) is 27.2. The number of aromatic hydroxyl groups is 1. The van der Waals surface area contributed by atoms with E-state index in [1.807, 2.05) is 30.3 Å². The van der Waals surface area contributed by atoms with Gasteiger partial charge in [-0.1, -0.05) is 30.3 Å². The summed E-state index contributed by atoms with van der Waals surface area (Å²) in [5.41, 5.74) is 1.16. The molecular weight excluding hydrogens is 629 g/mol. The summed E-state index contributed by atoms with van der Waals surface area (Å²) in [6.07, 6.45) is 0.212. The molecule has 3 aromatic carbocycles. The van der Waals surface area contributed by atoms with E-state index < -0.39 is 31.7 Å². The van der Waals surface area contributed by atoms with Gasteiger partial charge in [-0.2, -0.15) is 0 Å². The average molecular weight is 655 g/mol. The molecule has 3 atom stereocenters. The molecular formula is C26H26Br2NO7P. The Morgan fingerprint density at radius 2 is 1.73 bits per heavy atom. The van der Waals surface area contributed by atoms with Gasteiger partial charge in [-0.05, 0) is 87.2 Å². The number of phenols is 1. The molecule has 0 saturated heterocycles. The van der Waals surface area contributed by atoms with Crippen LogP contribution in [0.5, 0.6) is 17.2 Å². The van der Waals surface area contributed by atoms with Gasteiger partial charge in [0, 0.05) is 6.42 Å². The molecule has 0 aromatic heterocycles. The standard InChI is InChI=1S/C26H26Br2NO7P/c1-3-35-25(32)21(11-15-7-5-4-6-8-15)29-24(31)18-14-17(9-10-22(18)30)36-23-19(27)12-16(13-20(23)28)26(2,33)37-34/h4-10,12-14,21,30,33H,3,11,37H2,1-2H3,(H,29,31). The second-order valence-corrected chi connectivity index (χ2v) is 11.4. The molecule has 3 unspecified atom stereocenters. The highest BCUT2D eigenvalue weighted by atomic mass is 79.9. The third-order valence-corrected chi connectivity index (χ3v) is 7.37. The van der Waals surface area contributed by atoms with E-state index >= 15 is 0 Å². The number of hydrogen-bond acceptors (Lipinski definition) is 7. The van der Waals surface area contributed by atoms with Gasteiger partial charge in [0.25, 0.3) is 5.91 Å². The highest BCUT2D eigenvalue weighted by molar-refractivity contribution is 9.11. The van der Waals surface area contributed by atoms with E-state index in [-0.39, 0.29) is 30.1 Å². The summed E-state index contributed by atoms with van der Waals surface area (Å²) in [4.78, 5) is 25.6. The number of benzene rings is 3. The first-order valence-corrected chi connectivity index (χ1v) is 13.9. The Morgan fingerprint density at radius 1 is 1.08 bits per heavy atom. The van der Waals surface area contributed by atoms with E-state index in [9.17, 15) is 24.4 Å². The van der Waals surface area contributed by atoms with E-state index in [4.69, 9.17) is 9.47 Å². The fraction of sp³-hybridized carbons (Fsp3) is 0.231. The van der Waals surface area contributed by atoms with Crippen molar-refractivity contribution in [3.05, 3.63) is 86.3 Å². The van der Waals surface area contributed by atoms with Crippen LogP contribution in [0.25, 0.3) is 0 Å². The van der Waals surface area contributed by atoms with E-state index in [1.54, 1.807) is 19.1 Å². The van der Waals surface area contributed by atoms with Crippen molar-refractivity contribution in [3.63, 3.8) is 0 Å². The molecule has 11 heteroatoms. The molecule has 0 heterocycles. The molecule has 0 spiro atoms. The van der Waals surface area contributed by atoms with Crippen LogP contribution in [0.15, 0.2) is 69.6 Å². The molecule has 0 aliphatic heterocycles. The van der Waals surface area contributed by atoms with E-state index in [0.717, 1.165) is 5.56 Å². The van der Waals surface area contributed by atoms with Gasteiger partial charge >= 0.3 is 5.97 Å². The van der Waals surface area contributed by atoms with Gasteiger partial charge < -0.3 is 29.6 Å². The minimum atomic E-state index is -1.49. The number of amides is 1. The van der Waals surface area contributed by atoms with Crippen LogP contribution in [0.4, 0.5) is 0 Å². The second-order valence-electron chi connectivity index (χ2n) is 8.28. The fourth-order valence-electron chi connectivity index (χ4n) is 3.42. The highest BCUT2D eigenvalue weighted by Crippen LogP contribution is 2.42. The molecule has 3 N–H and O–H groups in total. The third-order valence-electron chi connectivity index (χ3n) is 5.40. The van der Waals surface area contributed by atoms with Gasteiger partial charge in [0.05, 0.1) is 29.6 Å². The van der Waals surface area contributed by atoms with Crippen molar-refractivity contribution in [2.24, 2.45) is 0 Å². The molecule has 0 saturated carbocycles. The molecule has 3 rings (SSSR count). The molecule has 0 fully saturated rings. The van der Waals surface area contributed by atoms with E-state index in [0.29, 0.717) is 20.3 Å². The summed E-state index contributed by atoms with van der Waals surface area (Å²) in [5.74, 6) is -0.995. The molecule has 0 aliphatic carbocycles. The highest BCUT2D eigenvalue weighted by Gasteiger charge is 2.26. The quantitative estimate of drug-likeness (QED) is 0.194. The van der Waals surface area contributed by atoms with Gasteiger partial charge in [0.15, 0.2) is 5.75 Å². The Kier molecular flexibility index (Phi) is 9.95. The first kappa shape index (κ1) is 28.9. The summed E-state index contributed by atoms with van der Waals surface area (Å²) >= 11 is 6.79. The summed E-state index contributed by atoms with van der Waals surface area (Å²) < 4.78 is 23.4. The Bertz CT molecular complexity index is 1280. The molecule has 1 amide bonds. The predicted octanol–water partition coefficient (Wildman–Crippen LogP) is 5.54. The van der Waals surface area contributed by atoms with Crippen molar-refractivity contribution in [2.75, 3.05) is 6.61 Å². The SMILES string of the molecule is CCOC(=O)C(Cc1ccccc1)NC(=O)c1cc(Oc2c(Br)cc(C(C)(O)[PH2]=O)cc2Br)ccc1O. The monoisotopic (exact) mass is 653 g/mol. The van der Waals surface area contributed by atoms with Gasteiger partial charge in [-0.25, -0.2) is 4.79 Å². The third kappa shape index (κ3) is 7.45. The lowest BCUT2D eigenvalue weighted by atomic mass is 10.1. The average Bonchev–Trinajstić information content (AvgIpc) is 2.87. The second kappa shape index (κ2) is 12.7. The zero-order valence-electron chi connectivity index (χ0n) is 20.0. The smallest absolute Gasteiger partial charge is 0.328 e. The number of aliphatic hydroxyl groups is 1. The Balaban J connectivity index is 1.86. The molecule has 3 aromatic rings. The van der Waals surface area contributed by atoms with Gasteiger partial charge in [-0.15, -0.1) is 0 Å². The zero-order valence-corrected chi connectivity index (χ0v) is 24.4. The van der Waals surface area contributed by atoms with Crippen molar-refractivity contribution < 1.29 is 33.8 Å². The van der Waals surface area contributed by atoms with Crippen molar-refractivity contribution in [2.45, 2.75) is 31.7 Å². The lowest BCUT2D eigenvalue weighted by Crippen LogP contribution is -2.43. The fourth-order valence-corrected chi connectivity index (χ4v) is 5.07. The van der Waals surface area contributed by atoms with Crippen molar-refractivity contribution in [3.8, 4) is 17.2 Å². The first-order chi connectivity index (χ1) is 17.6. The molecule has 37 heavy (non-hydrogen) atoms. The van der Waals surface area contributed by atoms with Crippen LogP contribution in [-0.2, 0) is 25.9 Å². The lowest BCUT2D eigenvalue weighted by Gasteiger charge is -2.20. The van der Waals surface area contributed by atoms with Crippen LogP contribution in [0.3, 0.4) is 0 Å². The van der Waals surface area contributed by atoms with Crippen LogP contribution in [0.2, 0.25) is 0 Å². The number of esters is 1. The van der Waals surface area contributed by atoms with Crippen molar-refractivity contribution in [1.29, 1.82) is 0 Å². The Morgan fingerprint density at radius 3 is 2.32 bits per heavy atom. The summed E-state index contributed by atoms with van der Waals surface area (Å²) in [6.45, 7) is 3.29. The number of rotatable bonds is 10. The number of carbonyl (C=O) groups excluding carboxylic acids is 2. The Hall–Kier alpha value is -2.65. The number of hydrogen-bond donors (Lipinski definition) is 3. The number of halogens is 2. The van der Waals surface area contributed by atoms with Crippen LogP contribution in [0.1, 0.15) is 35.3 Å². The largest absolute Gasteiger partial charge is 0.507 e. The van der Waals surface area contributed by atoms with Gasteiger partial charge in [-0.3, -0.25) is 4.79 Å². The maximum absolute atomic E-state index is 13.1. The van der Waals surface area contributed by atoms with Gasteiger partial charge in [0.1, 0.15) is 22.9 Å². The molecule has 0 aliphatic rings. The van der Waals surface area contributed by atoms with Crippen LogP contribution < -0.4 is 10.1 Å². The summed E-state index contributed by atoms with van der Waals surface area (Å²) in [7, 11) is -1.49.